The maximum atomic E-state index is 5.93. The lowest BCUT2D eigenvalue weighted by Gasteiger charge is -2.42. The summed E-state index contributed by atoms with van der Waals surface area (Å²) in [6, 6.07) is 15.1. The number of hydrogen-bond acceptors (Lipinski definition) is 1. The van der Waals surface area contributed by atoms with E-state index < -0.39 is 0 Å². The summed E-state index contributed by atoms with van der Waals surface area (Å²) < 4.78 is 0. The standard InChI is InChI=1S/C20H25N/c1-19(2)10-11-20(3,4)18-13-15(8-9-17(18)19)14-6-5-7-16(21)12-14/h5-9,12-13H,10-11,21H2,1-4H3. The lowest BCUT2D eigenvalue weighted by Crippen LogP contribution is -2.33. The highest BCUT2D eigenvalue weighted by atomic mass is 14.5. The minimum atomic E-state index is 0.251. The first-order valence-corrected chi connectivity index (χ1v) is 7.81. The number of anilines is 1. The van der Waals surface area contributed by atoms with Crippen LogP contribution in [0.15, 0.2) is 42.5 Å². The summed E-state index contributed by atoms with van der Waals surface area (Å²) in [7, 11) is 0. The Labute approximate surface area is 128 Å². The summed E-state index contributed by atoms with van der Waals surface area (Å²) in [4.78, 5) is 0. The van der Waals surface area contributed by atoms with Gasteiger partial charge in [0.25, 0.3) is 0 Å². The van der Waals surface area contributed by atoms with Gasteiger partial charge in [0.1, 0.15) is 0 Å². The third-order valence-corrected chi connectivity index (χ3v) is 5.07. The fraction of sp³-hybridized carbons (Fsp3) is 0.400. The van der Waals surface area contributed by atoms with Crippen LogP contribution in [0.2, 0.25) is 0 Å². The largest absolute Gasteiger partial charge is 0.399 e. The third-order valence-electron chi connectivity index (χ3n) is 5.07. The Bertz CT molecular complexity index is 680. The summed E-state index contributed by atoms with van der Waals surface area (Å²) in [6.45, 7) is 9.46. The van der Waals surface area contributed by atoms with Gasteiger partial charge in [-0.25, -0.2) is 0 Å². The summed E-state index contributed by atoms with van der Waals surface area (Å²) in [5.41, 5.74) is 12.8. The van der Waals surface area contributed by atoms with E-state index >= 15 is 0 Å². The van der Waals surface area contributed by atoms with Crippen molar-refractivity contribution in [2.75, 3.05) is 5.73 Å². The second-order valence-electron chi connectivity index (χ2n) is 7.65. The summed E-state index contributed by atoms with van der Waals surface area (Å²) >= 11 is 0. The van der Waals surface area contributed by atoms with Crippen molar-refractivity contribution in [1.29, 1.82) is 0 Å². The predicted octanol–water partition coefficient (Wildman–Crippen LogP) is 5.28. The van der Waals surface area contributed by atoms with Crippen LogP contribution >= 0.6 is 0 Å². The van der Waals surface area contributed by atoms with E-state index in [0.29, 0.717) is 0 Å². The van der Waals surface area contributed by atoms with Crippen LogP contribution in [0.3, 0.4) is 0 Å². The highest BCUT2D eigenvalue weighted by Crippen LogP contribution is 2.46. The van der Waals surface area contributed by atoms with E-state index in [-0.39, 0.29) is 10.8 Å². The van der Waals surface area contributed by atoms with Crippen molar-refractivity contribution >= 4 is 5.69 Å². The van der Waals surface area contributed by atoms with Crippen LogP contribution in [-0.4, -0.2) is 0 Å². The zero-order chi connectivity index (χ0) is 15.3. The molecule has 2 aromatic carbocycles. The molecule has 0 bridgehead atoms. The van der Waals surface area contributed by atoms with Crippen LogP contribution in [-0.2, 0) is 10.8 Å². The van der Waals surface area contributed by atoms with Gasteiger partial charge in [-0.15, -0.1) is 0 Å². The van der Waals surface area contributed by atoms with Gasteiger partial charge in [0, 0.05) is 5.69 Å². The number of benzene rings is 2. The highest BCUT2D eigenvalue weighted by molar-refractivity contribution is 5.69. The van der Waals surface area contributed by atoms with Crippen LogP contribution in [0.4, 0.5) is 5.69 Å². The molecule has 0 unspecified atom stereocenters. The molecule has 0 amide bonds. The van der Waals surface area contributed by atoms with Gasteiger partial charge in [0.15, 0.2) is 0 Å². The number of nitrogens with two attached hydrogens (primary N) is 1. The van der Waals surface area contributed by atoms with Gasteiger partial charge < -0.3 is 5.73 Å². The fourth-order valence-electron chi connectivity index (χ4n) is 3.49. The minimum absolute atomic E-state index is 0.251. The third kappa shape index (κ3) is 2.46. The number of nitrogen functional groups attached to an aromatic ring is 1. The SMILES string of the molecule is CC1(C)CCC(C)(C)c2cc(-c3cccc(N)c3)ccc21. The first-order chi connectivity index (χ1) is 9.79. The normalized spacial score (nSPS) is 19.0. The maximum Gasteiger partial charge on any atom is 0.0320 e. The molecule has 0 saturated heterocycles. The average molecular weight is 279 g/mol. The molecule has 0 spiro atoms. The molecule has 110 valence electrons. The van der Waals surface area contributed by atoms with E-state index in [0.717, 1.165) is 5.69 Å². The zero-order valence-corrected chi connectivity index (χ0v) is 13.5. The Morgan fingerprint density at radius 1 is 0.762 bits per heavy atom. The Hall–Kier alpha value is -1.76. The molecule has 0 heterocycles. The molecule has 0 aromatic heterocycles. The molecule has 21 heavy (non-hydrogen) atoms. The van der Waals surface area contributed by atoms with Crippen molar-refractivity contribution in [1.82, 2.24) is 0 Å². The van der Waals surface area contributed by atoms with Crippen LogP contribution in [0, 0.1) is 0 Å². The molecule has 1 nitrogen and oxygen atoms in total. The van der Waals surface area contributed by atoms with Crippen LogP contribution in [0.5, 0.6) is 0 Å². The van der Waals surface area contributed by atoms with E-state index in [4.69, 9.17) is 5.73 Å². The lowest BCUT2D eigenvalue weighted by atomic mass is 9.63. The van der Waals surface area contributed by atoms with Crippen molar-refractivity contribution in [3.63, 3.8) is 0 Å². The van der Waals surface area contributed by atoms with E-state index in [1.54, 1.807) is 0 Å². The quantitative estimate of drug-likeness (QED) is 0.706. The molecule has 1 aliphatic rings. The van der Waals surface area contributed by atoms with Crippen molar-refractivity contribution in [3.8, 4) is 11.1 Å². The molecule has 0 atom stereocenters. The first kappa shape index (κ1) is 14.2. The Kier molecular flexibility index (Phi) is 3.12. The van der Waals surface area contributed by atoms with Gasteiger partial charge in [0.05, 0.1) is 0 Å². The fourth-order valence-corrected chi connectivity index (χ4v) is 3.49. The van der Waals surface area contributed by atoms with Crippen LogP contribution in [0.1, 0.15) is 51.7 Å². The van der Waals surface area contributed by atoms with Crippen molar-refractivity contribution in [3.05, 3.63) is 53.6 Å². The highest BCUT2D eigenvalue weighted by Gasteiger charge is 2.36. The molecule has 0 radical (unpaired) electrons. The predicted molar refractivity (Wildman–Crippen MR) is 91.6 cm³/mol. The Morgan fingerprint density at radius 3 is 2.05 bits per heavy atom. The van der Waals surface area contributed by atoms with Crippen LogP contribution < -0.4 is 5.73 Å². The zero-order valence-electron chi connectivity index (χ0n) is 13.5. The van der Waals surface area contributed by atoms with Gasteiger partial charge in [-0.1, -0.05) is 58.0 Å². The summed E-state index contributed by atoms with van der Waals surface area (Å²) in [6.07, 6.45) is 2.50. The molecule has 1 aliphatic carbocycles. The molecular weight excluding hydrogens is 254 g/mol. The minimum Gasteiger partial charge on any atom is -0.399 e. The molecule has 3 rings (SSSR count). The van der Waals surface area contributed by atoms with Crippen molar-refractivity contribution in [2.24, 2.45) is 0 Å². The molecule has 0 fully saturated rings. The van der Waals surface area contributed by atoms with E-state index in [1.165, 1.54) is 35.1 Å². The van der Waals surface area contributed by atoms with Crippen LogP contribution in [0.25, 0.3) is 11.1 Å². The second kappa shape index (κ2) is 4.62. The molecule has 2 aromatic rings. The topological polar surface area (TPSA) is 26.0 Å². The monoisotopic (exact) mass is 279 g/mol. The molecule has 2 N–H and O–H groups in total. The Morgan fingerprint density at radius 2 is 1.38 bits per heavy atom. The average Bonchev–Trinajstić information content (AvgIpc) is 2.44. The van der Waals surface area contributed by atoms with Gasteiger partial charge in [0.2, 0.25) is 0 Å². The first-order valence-electron chi connectivity index (χ1n) is 7.81. The van der Waals surface area contributed by atoms with E-state index in [9.17, 15) is 0 Å². The molecule has 0 saturated carbocycles. The summed E-state index contributed by atoms with van der Waals surface area (Å²) in [5.74, 6) is 0. The number of fused-ring (bicyclic) bond motifs is 1. The molecular formula is C20H25N. The van der Waals surface area contributed by atoms with Gasteiger partial charge in [-0.2, -0.15) is 0 Å². The summed E-state index contributed by atoms with van der Waals surface area (Å²) in [5, 5.41) is 0. The molecule has 1 heteroatoms. The maximum absolute atomic E-state index is 5.93. The van der Waals surface area contributed by atoms with E-state index in [1.807, 2.05) is 12.1 Å². The Balaban J connectivity index is 2.16. The smallest absolute Gasteiger partial charge is 0.0320 e. The van der Waals surface area contributed by atoms with E-state index in [2.05, 4.69) is 58.0 Å². The van der Waals surface area contributed by atoms with Crippen molar-refractivity contribution < 1.29 is 0 Å². The van der Waals surface area contributed by atoms with Gasteiger partial charge in [-0.05, 0) is 58.1 Å². The number of rotatable bonds is 1. The second-order valence-corrected chi connectivity index (χ2v) is 7.65. The lowest BCUT2D eigenvalue weighted by molar-refractivity contribution is 0.332. The van der Waals surface area contributed by atoms with Gasteiger partial charge in [-0.3, -0.25) is 0 Å². The number of hydrogen-bond donors (Lipinski definition) is 1. The van der Waals surface area contributed by atoms with Gasteiger partial charge >= 0.3 is 0 Å². The van der Waals surface area contributed by atoms with Crippen molar-refractivity contribution in [2.45, 2.75) is 51.4 Å². The molecule has 0 aliphatic heterocycles.